The Hall–Kier alpha value is -1.31. The summed E-state index contributed by atoms with van der Waals surface area (Å²) in [5.41, 5.74) is 9.28. The highest BCUT2D eigenvalue weighted by molar-refractivity contribution is 6.33. The van der Waals surface area contributed by atoms with Crippen molar-refractivity contribution in [3.05, 3.63) is 59.1 Å². The van der Waals surface area contributed by atoms with Crippen molar-refractivity contribution < 1.29 is 0 Å². The minimum absolute atomic E-state index is 0.560. The summed E-state index contributed by atoms with van der Waals surface area (Å²) in [4.78, 5) is 0. The van der Waals surface area contributed by atoms with E-state index in [0.29, 0.717) is 5.92 Å². The van der Waals surface area contributed by atoms with Gasteiger partial charge in [0.25, 0.3) is 0 Å². The second-order valence-electron chi connectivity index (χ2n) is 4.78. The number of hydrogen-bond donors (Lipinski definition) is 1. The molecule has 0 aromatic heterocycles. The molecule has 1 unspecified atom stereocenters. The van der Waals surface area contributed by atoms with Crippen molar-refractivity contribution in [3.8, 4) is 11.1 Å². The van der Waals surface area contributed by atoms with Crippen LogP contribution in [-0.4, -0.2) is 6.54 Å². The summed E-state index contributed by atoms with van der Waals surface area (Å²) in [5.74, 6) is 0.560. The lowest BCUT2D eigenvalue weighted by Crippen LogP contribution is -2.06. The molecule has 0 heterocycles. The maximum Gasteiger partial charge on any atom is 0.0484 e. The van der Waals surface area contributed by atoms with Crippen molar-refractivity contribution >= 4 is 11.6 Å². The normalized spacial score (nSPS) is 12.4. The summed E-state index contributed by atoms with van der Waals surface area (Å²) in [6.45, 7) is 2.95. The van der Waals surface area contributed by atoms with Gasteiger partial charge in [-0.25, -0.2) is 0 Å². The number of rotatable bonds is 5. The third-order valence-electron chi connectivity index (χ3n) is 3.57. The summed E-state index contributed by atoms with van der Waals surface area (Å²) in [6.07, 6.45) is 2.17. The third kappa shape index (κ3) is 3.37. The molecule has 1 atom stereocenters. The van der Waals surface area contributed by atoms with Gasteiger partial charge in [0.05, 0.1) is 0 Å². The van der Waals surface area contributed by atoms with Gasteiger partial charge in [0, 0.05) is 10.6 Å². The van der Waals surface area contributed by atoms with Crippen LogP contribution in [0.1, 0.15) is 31.2 Å². The molecule has 2 N–H and O–H groups in total. The Bertz CT molecular complexity index is 519. The molecule has 2 aromatic rings. The molecule has 0 aliphatic heterocycles. The van der Waals surface area contributed by atoms with Crippen LogP contribution in [0.4, 0.5) is 0 Å². The molecule has 2 aromatic carbocycles. The lowest BCUT2D eigenvalue weighted by molar-refractivity contribution is 0.614. The van der Waals surface area contributed by atoms with Crippen LogP contribution in [0.25, 0.3) is 11.1 Å². The second kappa shape index (κ2) is 6.74. The van der Waals surface area contributed by atoms with Crippen LogP contribution < -0.4 is 5.73 Å². The highest BCUT2D eigenvalue weighted by atomic mass is 35.5. The van der Waals surface area contributed by atoms with Gasteiger partial charge in [-0.2, -0.15) is 0 Å². The van der Waals surface area contributed by atoms with Gasteiger partial charge in [0.15, 0.2) is 0 Å². The third-order valence-corrected chi connectivity index (χ3v) is 3.90. The number of hydrogen-bond acceptors (Lipinski definition) is 1. The first-order valence-corrected chi connectivity index (χ1v) is 7.19. The minimum atomic E-state index is 0.560. The predicted octanol–water partition coefficient (Wildman–Crippen LogP) is 4.85. The van der Waals surface area contributed by atoms with Crippen molar-refractivity contribution in [2.75, 3.05) is 6.54 Å². The maximum atomic E-state index is 6.22. The molecule has 0 saturated heterocycles. The zero-order valence-electron chi connectivity index (χ0n) is 11.3. The van der Waals surface area contributed by atoms with Gasteiger partial charge in [-0.3, -0.25) is 0 Å². The van der Waals surface area contributed by atoms with Crippen LogP contribution in [-0.2, 0) is 0 Å². The molecule has 0 fully saturated rings. The SMILES string of the molecule is CCC(CCN)c1ccc(-c2ccccc2Cl)cc1. The van der Waals surface area contributed by atoms with Gasteiger partial charge in [-0.05, 0) is 42.5 Å². The van der Waals surface area contributed by atoms with Gasteiger partial charge >= 0.3 is 0 Å². The molecule has 100 valence electrons. The van der Waals surface area contributed by atoms with E-state index in [2.05, 4.69) is 37.3 Å². The molecule has 1 nitrogen and oxygen atoms in total. The second-order valence-corrected chi connectivity index (χ2v) is 5.19. The monoisotopic (exact) mass is 273 g/mol. The van der Waals surface area contributed by atoms with Gasteiger partial charge in [0.1, 0.15) is 0 Å². The van der Waals surface area contributed by atoms with Crippen LogP contribution in [0.2, 0.25) is 5.02 Å². The van der Waals surface area contributed by atoms with Crippen LogP contribution in [0, 0.1) is 0 Å². The van der Waals surface area contributed by atoms with Gasteiger partial charge in [-0.1, -0.05) is 61.0 Å². The van der Waals surface area contributed by atoms with Crippen molar-refractivity contribution in [1.82, 2.24) is 0 Å². The average Bonchev–Trinajstić information content (AvgIpc) is 2.46. The van der Waals surface area contributed by atoms with Crippen molar-refractivity contribution in [2.24, 2.45) is 5.73 Å². The highest BCUT2D eigenvalue weighted by Crippen LogP contribution is 2.30. The first-order valence-electron chi connectivity index (χ1n) is 6.81. The standard InChI is InChI=1S/C17H20ClN/c1-2-13(11-12-19)14-7-9-15(10-8-14)16-5-3-4-6-17(16)18/h3-10,13H,2,11-12,19H2,1H3. The Morgan fingerprint density at radius 2 is 1.74 bits per heavy atom. The molecule has 0 saturated carbocycles. The van der Waals surface area contributed by atoms with E-state index in [4.69, 9.17) is 17.3 Å². The summed E-state index contributed by atoms with van der Waals surface area (Å²) < 4.78 is 0. The molecule has 2 rings (SSSR count). The molecule has 0 spiro atoms. The quantitative estimate of drug-likeness (QED) is 0.828. The van der Waals surface area contributed by atoms with Gasteiger partial charge in [0.2, 0.25) is 0 Å². The molecule has 19 heavy (non-hydrogen) atoms. The van der Waals surface area contributed by atoms with Crippen LogP contribution in [0.5, 0.6) is 0 Å². The zero-order chi connectivity index (χ0) is 13.7. The Morgan fingerprint density at radius 3 is 2.32 bits per heavy atom. The van der Waals surface area contributed by atoms with E-state index in [-0.39, 0.29) is 0 Å². The van der Waals surface area contributed by atoms with Crippen molar-refractivity contribution in [2.45, 2.75) is 25.7 Å². The molecule has 0 bridgehead atoms. The van der Waals surface area contributed by atoms with E-state index in [1.54, 1.807) is 0 Å². The van der Waals surface area contributed by atoms with E-state index < -0.39 is 0 Å². The molecule has 0 radical (unpaired) electrons. The van der Waals surface area contributed by atoms with Crippen molar-refractivity contribution in [1.29, 1.82) is 0 Å². The molecular formula is C17H20ClN. The summed E-state index contributed by atoms with van der Waals surface area (Å²) in [6, 6.07) is 16.6. The molecule has 2 heteroatoms. The lowest BCUT2D eigenvalue weighted by Gasteiger charge is -2.15. The molecule has 0 aliphatic rings. The predicted molar refractivity (Wildman–Crippen MR) is 83.6 cm³/mol. The molecule has 0 amide bonds. The Kier molecular flexibility index (Phi) is 5.00. The van der Waals surface area contributed by atoms with Gasteiger partial charge in [-0.15, -0.1) is 0 Å². The molecular weight excluding hydrogens is 254 g/mol. The Balaban J connectivity index is 2.26. The lowest BCUT2D eigenvalue weighted by atomic mass is 9.92. The van der Waals surface area contributed by atoms with Crippen molar-refractivity contribution in [3.63, 3.8) is 0 Å². The van der Waals surface area contributed by atoms with Crippen LogP contribution in [0.15, 0.2) is 48.5 Å². The fourth-order valence-corrected chi connectivity index (χ4v) is 2.68. The first kappa shape index (κ1) is 14.1. The largest absolute Gasteiger partial charge is 0.330 e. The van der Waals surface area contributed by atoms with E-state index in [1.807, 2.05) is 18.2 Å². The fourth-order valence-electron chi connectivity index (χ4n) is 2.44. The summed E-state index contributed by atoms with van der Waals surface area (Å²) in [7, 11) is 0. The highest BCUT2D eigenvalue weighted by Gasteiger charge is 2.09. The maximum absolute atomic E-state index is 6.22. The first-order chi connectivity index (χ1) is 9.26. The van der Waals surface area contributed by atoms with Crippen LogP contribution in [0.3, 0.4) is 0 Å². The minimum Gasteiger partial charge on any atom is -0.330 e. The smallest absolute Gasteiger partial charge is 0.0484 e. The average molecular weight is 274 g/mol. The van der Waals surface area contributed by atoms with E-state index in [0.717, 1.165) is 35.5 Å². The number of halogens is 1. The number of benzene rings is 2. The number of nitrogens with two attached hydrogens (primary N) is 1. The Labute approximate surface area is 120 Å². The van der Waals surface area contributed by atoms with Crippen LogP contribution >= 0.6 is 11.6 Å². The Morgan fingerprint density at radius 1 is 1.05 bits per heavy atom. The molecule has 0 aliphatic carbocycles. The van der Waals surface area contributed by atoms with E-state index >= 15 is 0 Å². The zero-order valence-corrected chi connectivity index (χ0v) is 12.0. The van der Waals surface area contributed by atoms with E-state index in [9.17, 15) is 0 Å². The summed E-state index contributed by atoms with van der Waals surface area (Å²) >= 11 is 6.22. The van der Waals surface area contributed by atoms with Gasteiger partial charge < -0.3 is 5.73 Å². The topological polar surface area (TPSA) is 26.0 Å². The summed E-state index contributed by atoms with van der Waals surface area (Å²) in [5, 5.41) is 0.796. The van der Waals surface area contributed by atoms with E-state index in [1.165, 1.54) is 5.56 Å². The fraction of sp³-hybridized carbons (Fsp3) is 0.294.